The minimum absolute atomic E-state index is 0.135. The summed E-state index contributed by atoms with van der Waals surface area (Å²) in [7, 11) is 0. The van der Waals surface area contributed by atoms with Crippen molar-refractivity contribution in [2.45, 2.75) is 11.8 Å². The Labute approximate surface area is 85.6 Å². The van der Waals surface area contributed by atoms with Gasteiger partial charge in [-0.25, -0.2) is 4.79 Å². The summed E-state index contributed by atoms with van der Waals surface area (Å²) >= 11 is 11.5. The second-order valence-corrected chi connectivity index (χ2v) is 3.48. The average Bonchev–Trinajstić information content (AvgIpc) is 2.02. The van der Waals surface area contributed by atoms with E-state index in [0.717, 1.165) is 0 Å². The highest BCUT2D eigenvalue weighted by atomic mass is 35.5. The van der Waals surface area contributed by atoms with Crippen molar-refractivity contribution in [1.82, 2.24) is 0 Å². The average molecular weight is 223 g/mol. The van der Waals surface area contributed by atoms with Crippen LogP contribution in [0.4, 0.5) is 0 Å². The molecule has 0 aromatic rings. The molecular weight excluding hydrogens is 215 g/mol. The Balaban J connectivity index is 2.52. The standard InChI is InChI=1S/C8H8Cl2O3/c9-5-1-2-7(6(10)3-5)13-4-8(11)12/h2-3,5H,1,4H2,(H,11,12). The third kappa shape index (κ3) is 3.28. The van der Waals surface area contributed by atoms with Crippen molar-refractivity contribution in [1.29, 1.82) is 0 Å². The lowest BCUT2D eigenvalue weighted by Gasteiger charge is -2.13. The molecule has 0 radical (unpaired) electrons. The molecule has 0 saturated heterocycles. The Kier molecular flexibility index (Phi) is 3.63. The summed E-state index contributed by atoms with van der Waals surface area (Å²) in [5.74, 6) is -0.640. The maximum Gasteiger partial charge on any atom is 0.341 e. The number of ether oxygens (including phenoxy) is 1. The van der Waals surface area contributed by atoms with Crippen LogP contribution in [0.1, 0.15) is 6.42 Å². The lowest BCUT2D eigenvalue weighted by Crippen LogP contribution is -2.09. The van der Waals surface area contributed by atoms with Gasteiger partial charge in [-0.2, -0.15) is 0 Å². The number of carboxylic acid groups (broad SMARTS) is 1. The number of carbonyl (C=O) groups is 1. The van der Waals surface area contributed by atoms with Gasteiger partial charge in [0.15, 0.2) is 6.61 Å². The number of hydrogen-bond donors (Lipinski definition) is 1. The van der Waals surface area contributed by atoms with Crippen molar-refractivity contribution < 1.29 is 14.6 Å². The van der Waals surface area contributed by atoms with Gasteiger partial charge in [0.05, 0.1) is 10.4 Å². The monoisotopic (exact) mass is 222 g/mol. The smallest absolute Gasteiger partial charge is 0.341 e. The molecule has 1 rings (SSSR count). The first kappa shape index (κ1) is 10.4. The van der Waals surface area contributed by atoms with Crippen molar-refractivity contribution in [3.05, 3.63) is 22.9 Å². The molecule has 0 aromatic carbocycles. The topological polar surface area (TPSA) is 46.5 Å². The second-order valence-electron chi connectivity index (χ2n) is 2.52. The van der Waals surface area contributed by atoms with Crippen molar-refractivity contribution in [2.24, 2.45) is 0 Å². The molecule has 1 aliphatic rings. The van der Waals surface area contributed by atoms with Gasteiger partial charge in [0.25, 0.3) is 0 Å². The fourth-order valence-corrected chi connectivity index (χ4v) is 1.46. The van der Waals surface area contributed by atoms with E-state index in [2.05, 4.69) is 0 Å². The van der Waals surface area contributed by atoms with Crippen LogP contribution < -0.4 is 0 Å². The Bertz CT molecular complexity index is 271. The molecule has 1 N–H and O–H groups in total. The van der Waals surface area contributed by atoms with E-state index >= 15 is 0 Å². The third-order valence-corrected chi connectivity index (χ3v) is 2.06. The molecule has 1 aliphatic carbocycles. The quantitative estimate of drug-likeness (QED) is 0.745. The SMILES string of the molecule is O=C(O)COC1=CCC(Cl)C=C1Cl. The van der Waals surface area contributed by atoms with Gasteiger partial charge >= 0.3 is 5.97 Å². The summed E-state index contributed by atoms with van der Waals surface area (Å²) in [5, 5.41) is 8.58. The van der Waals surface area contributed by atoms with Crippen molar-refractivity contribution in [3.8, 4) is 0 Å². The van der Waals surface area contributed by atoms with Crippen LogP contribution in [-0.4, -0.2) is 23.1 Å². The third-order valence-electron chi connectivity index (χ3n) is 1.44. The molecular formula is C8H8Cl2O3. The molecule has 0 saturated carbocycles. The van der Waals surface area contributed by atoms with Gasteiger partial charge in [-0.1, -0.05) is 11.6 Å². The van der Waals surface area contributed by atoms with Crippen LogP contribution in [0.25, 0.3) is 0 Å². The van der Waals surface area contributed by atoms with Gasteiger partial charge in [-0.05, 0) is 18.6 Å². The molecule has 0 aromatic heterocycles. The van der Waals surface area contributed by atoms with E-state index < -0.39 is 5.97 Å². The van der Waals surface area contributed by atoms with Crippen LogP contribution in [0.2, 0.25) is 0 Å². The summed E-state index contributed by atoms with van der Waals surface area (Å²) in [5.41, 5.74) is 0. The Morgan fingerprint density at radius 2 is 2.46 bits per heavy atom. The van der Waals surface area contributed by atoms with Crippen LogP contribution in [0.5, 0.6) is 0 Å². The summed E-state index contributed by atoms with van der Waals surface area (Å²) in [6, 6.07) is 0. The van der Waals surface area contributed by atoms with E-state index in [9.17, 15) is 4.79 Å². The van der Waals surface area contributed by atoms with Crippen LogP contribution in [0.15, 0.2) is 22.9 Å². The van der Waals surface area contributed by atoms with Crippen LogP contribution in [-0.2, 0) is 9.53 Å². The first-order valence-corrected chi connectivity index (χ1v) is 4.47. The minimum Gasteiger partial charge on any atom is -0.481 e. The molecule has 3 nitrogen and oxygen atoms in total. The fraction of sp³-hybridized carbons (Fsp3) is 0.375. The zero-order valence-electron chi connectivity index (χ0n) is 6.67. The minimum atomic E-state index is -1.03. The van der Waals surface area contributed by atoms with Crippen LogP contribution in [0.3, 0.4) is 0 Å². The number of carboxylic acids is 1. The molecule has 72 valence electrons. The van der Waals surface area contributed by atoms with E-state index in [1.807, 2.05) is 0 Å². The lowest BCUT2D eigenvalue weighted by molar-refractivity contribution is -0.140. The number of halogens is 2. The number of allylic oxidation sites excluding steroid dienone is 3. The van der Waals surface area contributed by atoms with Gasteiger partial charge < -0.3 is 9.84 Å². The molecule has 13 heavy (non-hydrogen) atoms. The molecule has 0 fully saturated rings. The maximum atomic E-state index is 10.2. The first-order chi connectivity index (χ1) is 6.09. The highest BCUT2D eigenvalue weighted by Gasteiger charge is 2.14. The van der Waals surface area contributed by atoms with E-state index in [-0.39, 0.29) is 12.0 Å². The highest BCUT2D eigenvalue weighted by molar-refractivity contribution is 6.33. The van der Waals surface area contributed by atoms with E-state index in [0.29, 0.717) is 17.2 Å². The van der Waals surface area contributed by atoms with Gasteiger partial charge in [0.2, 0.25) is 0 Å². The summed E-state index contributed by atoms with van der Waals surface area (Å²) in [6.07, 6.45) is 3.91. The fourth-order valence-electron chi connectivity index (χ4n) is 0.893. The van der Waals surface area contributed by atoms with Gasteiger partial charge in [-0.3, -0.25) is 0 Å². The van der Waals surface area contributed by atoms with Crippen molar-refractivity contribution in [2.75, 3.05) is 6.61 Å². The molecule has 0 bridgehead atoms. The van der Waals surface area contributed by atoms with Gasteiger partial charge in [0.1, 0.15) is 5.76 Å². The maximum absolute atomic E-state index is 10.2. The van der Waals surface area contributed by atoms with E-state index in [4.69, 9.17) is 33.0 Å². The number of aliphatic carboxylic acids is 1. The zero-order valence-corrected chi connectivity index (χ0v) is 8.18. The molecule has 5 heteroatoms. The first-order valence-electron chi connectivity index (χ1n) is 3.66. The van der Waals surface area contributed by atoms with Crippen molar-refractivity contribution in [3.63, 3.8) is 0 Å². The van der Waals surface area contributed by atoms with Gasteiger partial charge in [0, 0.05) is 0 Å². The molecule has 1 atom stereocenters. The van der Waals surface area contributed by atoms with E-state index in [1.165, 1.54) is 0 Å². The summed E-state index contributed by atoms with van der Waals surface area (Å²) in [6.45, 7) is -0.386. The lowest BCUT2D eigenvalue weighted by atomic mass is 10.1. The van der Waals surface area contributed by atoms with E-state index in [1.54, 1.807) is 12.2 Å². The predicted molar refractivity (Wildman–Crippen MR) is 49.9 cm³/mol. The van der Waals surface area contributed by atoms with Crippen LogP contribution >= 0.6 is 23.2 Å². The summed E-state index contributed by atoms with van der Waals surface area (Å²) < 4.78 is 4.91. The Morgan fingerprint density at radius 3 is 3.00 bits per heavy atom. The molecule has 0 aliphatic heterocycles. The summed E-state index contributed by atoms with van der Waals surface area (Å²) in [4.78, 5) is 10.2. The largest absolute Gasteiger partial charge is 0.481 e. The normalized spacial score (nSPS) is 21.8. The molecule has 1 unspecified atom stereocenters. The molecule has 0 spiro atoms. The number of hydrogen-bond acceptors (Lipinski definition) is 2. The zero-order chi connectivity index (χ0) is 9.84. The van der Waals surface area contributed by atoms with Gasteiger partial charge in [-0.15, -0.1) is 11.6 Å². The second kappa shape index (κ2) is 4.53. The highest BCUT2D eigenvalue weighted by Crippen LogP contribution is 2.25. The Morgan fingerprint density at radius 1 is 1.77 bits per heavy atom. The molecule has 0 heterocycles. The number of alkyl halides is 1. The Hall–Kier alpha value is -0.670. The number of rotatable bonds is 3. The predicted octanol–water partition coefficient (Wildman–Crippen LogP) is 2.11. The molecule has 0 amide bonds. The van der Waals surface area contributed by atoms with Crippen LogP contribution in [0, 0.1) is 0 Å². The van der Waals surface area contributed by atoms with Crippen molar-refractivity contribution >= 4 is 29.2 Å².